The van der Waals surface area contributed by atoms with Gasteiger partial charge in [-0.2, -0.15) is 0 Å². The van der Waals surface area contributed by atoms with Gasteiger partial charge in [-0.3, -0.25) is 0 Å². The third-order valence-electron chi connectivity index (χ3n) is 7.35. The fraction of sp³-hybridized carbons (Fsp3) is 0.219. The summed E-state index contributed by atoms with van der Waals surface area (Å²) in [4.78, 5) is 13.1. The minimum Gasteiger partial charge on any atom is -0.369 e. The highest BCUT2D eigenvalue weighted by Gasteiger charge is 2.16. The number of pyridine rings is 1. The molecule has 0 saturated carbocycles. The van der Waals surface area contributed by atoms with E-state index in [4.69, 9.17) is 4.98 Å². The summed E-state index contributed by atoms with van der Waals surface area (Å²) in [5.74, 6) is 0. The van der Waals surface area contributed by atoms with E-state index < -0.39 is 0 Å². The molecule has 0 atom stereocenters. The Morgan fingerprint density at radius 1 is 0.889 bits per heavy atom. The van der Waals surface area contributed by atoms with Gasteiger partial charge < -0.3 is 14.8 Å². The van der Waals surface area contributed by atoms with E-state index in [0.717, 1.165) is 43.8 Å². The van der Waals surface area contributed by atoms with Crippen molar-refractivity contribution in [2.45, 2.75) is 13.3 Å². The zero-order valence-corrected chi connectivity index (χ0v) is 21.0. The zero-order chi connectivity index (χ0) is 24.5. The van der Waals surface area contributed by atoms with Crippen molar-refractivity contribution in [2.24, 2.45) is 0 Å². The van der Waals surface area contributed by atoms with Crippen molar-refractivity contribution >= 4 is 33.2 Å². The number of H-pyrrole nitrogens is 1. The summed E-state index contributed by atoms with van der Waals surface area (Å²) < 4.78 is 0. The summed E-state index contributed by atoms with van der Waals surface area (Å²) in [6, 6.07) is 28.6. The number of anilines is 1. The molecular formula is C32H32N4. The topological polar surface area (TPSA) is 35.2 Å². The molecule has 0 amide bonds. The van der Waals surface area contributed by atoms with Gasteiger partial charge in [0.05, 0.1) is 0 Å². The fourth-order valence-corrected chi connectivity index (χ4v) is 5.36. The van der Waals surface area contributed by atoms with E-state index >= 15 is 0 Å². The molecule has 36 heavy (non-hydrogen) atoms. The van der Waals surface area contributed by atoms with E-state index in [1.807, 2.05) is 6.20 Å². The van der Waals surface area contributed by atoms with Gasteiger partial charge in [-0.1, -0.05) is 61.5 Å². The summed E-state index contributed by atoms with van der Waals surface area (Å²) in [6.45, 7) is 6.60. The molecule has 0 bridgehead atoms. The van der Waals surface area contributed by atoms with Gasteiger partial charge in [-0.25, -0.2) is 4.98 Å². The van der Waals surface area contributed by atoms with Gasteiger partial charge in [0.25, 0.3) is 0 Å². The van der Waals surface area contributed by atoms with Crippen LogP contribution in [0.5, 0.6) is 0 Å². The Morgan fingerprint density at radius 2 is 1.64 bits per heavy atom. The van der Waals surface area contributed by atoms with Crippen LogP contribution in [0.2, 0.25) is 0 Å². The maximum absolute atomic E-state index is 4.69. The second-order valence-electron chi connectivity index (χ2n) is 9.70. The number of nitrogens with zero attached hydrogens (tertiary/aromatic N) is 3. The van der Waals surface area contributed by atoms with Gasteiger partial charge in [0.1, 0.15) is 5.65 Å². The Balaban J connectivity index is 1.42. The first-order valence-electron chi connectivity index (χ1n) is 12.9. The summed E-state index contributed by atoms with van der Waals surface area (Å²) in [5, 5.41) is 2.40. The number of allylic oxidation sites excluding steroid dienone is 1. The van der Waals surface area contributed by atoms with Gasteiger partial charge in [0.15, 0.2) is 0 Å². The molecule has 4 heteroatoms. The Kier molecular flexibility index (Phi) is 6.04. The lowest BCUT2D eigenvalue weighted by Crippen LogP contribution is -2.44. The molecule has 1 aliphatic heterocycles. The summed E-state index contributed by atoms with van der Waals surface area (Å²) in [5.41, 5.74) is 9.54. The number of rotatable bonds is 5. The molecule has 1 saturated heterocycles. The highest BCUT2D eigenvalue weighted by molar-refractivity contribution is 6.13. The van der Waals surface area contributed by atoms with E-state index in [1.54, 1.807) is 0 Å². The number of benzene rings is 3. The van der Waals surface area contributed by atoms with E-state index in [1.165, 1.54) is 44.3 Å². The second-order valence-corrected chi connectivity index (χ2v) is 9.70. The first-order chi connectivity index (χ1) is 17.7. The second kappa shape index (κ2) is 9.63. The molecule has 2 aromatic heterocycles. The highest BCUT2D eigenvalue weighted by atomic mass is 15.2. The first kappa shape index (κ1) is 22.6. The Labute approximate surface area is 212 Å². The number of aromatic nitrogens is 2. The number of aromatic amines is 1. The molecule has 4 nitrogen and oxygen atoms in total. The molecule has 0 aliphatic carbocycles. The maximum Gasteiger partial charge on any atom is 0.138 e. The Hall–Kier alpha value is -3.89. The van der Waals surface area contributed by atoms with Crippen LogP contribution in [0.1, 0.15) is 24.5 Å². The molecule has 6 rings (SSSR count). The van der Waals surface area contributed by atoms with Crippen LogP contribution in [0.3, 0.4) is 0 Å². The maximum atomic E-state index is 4.69. The fourth-order valence-electron chi connectivity index (χ4n) is 5.36. The molecule has 5 aromatic rings. The summed E-state index contributed by atoms with van der Waals surface area (Å²) in [6.07, 6.45) is 5.21. The van der Waals surface area contributed by atoms with E-state index in [-0.39, 0.29) is 0 Å². The van der Waals surface area contributed by atoms with Crippen LogP contribution in [0.25, 0.3) is 38.6 Å². The number of likely N-dealkylation sites (N-methyl/N-ethyl adjacent to an activating group) is 1. The molecule has 1 fully saturated rings. The van der Waals surface area contributed by atoms with Crippen LogP contribution in [-0.4, -0.2) is 48.1 Å². The molecule has 1 aliphatic rings. The highest BCUT2D eigenvalue weighted by Crippen LogP contribution is 2.36. The van der Waals surface area contributed by atoms with Gasteiger partial charge >= 0.3 is 0 Å². The van der Waals surface area contributed by atoms with E-state index in [9.17, 15) is 0 Å². The Bertz CT molecular complexity index is 1520. The van der Waals surface area contributed by atoms with E-state index in [2.05, 4.69) is 114 Å². The number of nitrogens with one attached hydrogen (secondary N) is 1. The molecular weight excluding hydrogens is 440 g/mol. The van der Waals surface area contributed by atoms with E-state index in [0.29, 0.717) is 0 Å². The molecule has 0 unspecified atom stereocenters. The number of piperazine rings is 1. The van der Waals surface area contributed by atoms with Crippen LogP contribution in [0.15, 0.2) is 91.1 Å². The number of hydrogen-bond donors (Lipinski definition) is 1. The van der Waals surface area contributed by atoms with Crippen molar-refractivity contribution < 1.29 is 0 Å². The predicted octanol–water partition coefficient (Wildman–Crippen LogP) is 6.98. The van der Waals surface area contributed by atoms with Crippen LogP contribution in [0.4, 0.5) is 5.69 Å². The molecule has 3 aromatic carbocycles. The Morgan fingerprint density at radius 3 is 2.39 bits per heavy atom. The lowest BCUT2D eigenvalue weighted by molar-refractivity contribution is 0.313. The predicted molar refractivity (Wildman–Crippen MR) is 153 cm³/mol. The van der Waals surface area contributed by atoms with Gasteiger partial charge in [-0.15, -0.1) is 0 Å². The normalized spacial score (nSPS) is 15.2. The molecule has 0 radical (unpaired) electrons. The lowest BCUT2D eigenvalue weighted by Gasteiger charge is -2.34. The third kappa shape index (κ3) is 4.18. The van der Waals surface area contributed by atoms with Gasteiger partial charge in [0, 0.05) is 54.4 Å². The average molecular weight is 473 g/mol. The van der Waals surface area contributed by atoms with Crippen molar-refractivity contribution in [3.8, 4) is 11.1 Å². The van der Waals surface area contributed by atoms with Crippen molar-refractivity contribution in [1.29, 1.82) is 0 Å². The summed E-state index contributed by atoms with van der Waals surface area (Å²) in [7, 11) is 2.20. The van der Waals surface area contributed by atoms with Crippen molar-refractivity contribution in [2.75, 3.05) is 38.1 Å². The monoisotopic (exact) mass is 472 g/mol. The molecule has 3 heterocycles. The van der Waals surface area contributed by atoms with Gasteiger partial charge in [0.2, 0.25) is 0 Å². The minimum absolute atomic E-state index is 0.933. The van der Waals surface area contributed by atoms with Crippen molar-refractivity contribution in [3.05, 3.63) is 102 Å². The SMILES string of the molecule is CC/C=C(/c1ccccc1)c1ccnc2[nH]c3ccc(-c4ccc(N5CCN(C)CC5)cc4)cc3c12. The third-order valence-corrected chi connectivity index (χ3v) is 7.35. The van der Waals surface area contributed by atoms with Crippen molar-refractivity contribution in [3.63, 3.8) is 0 Å². The average Bonchev–Trinajstić information content (AvgIpc) is 3.31. The van der Waals surface area contributed by atoms with Crippen molar-refractivity contribution in [1.82, 2.24) is 14.9 Å². The smallest absolute Gasteiger partial charge is 0.138 e. The van der Waals surface area contributed by atoms with Crippen LogP contribution >= 0.6 is 0 Å². The number of hydrogen-bond acceptors (Lipinski definition) is 3. The van der Waals surface area contributed by atoms with Gasteiger partial charge in [-0.05, 0) is 71.6 Å². The molecule has 180 valence electrons. The standard InChI is InChI=1S/C32H32N4/c1-3-7-27(24-8-5-4-6-9-24)28-16-17-33-32-31(28)29-22-25(12-15-30(29)34-32)23-10-13-26(14-11-23)36-20-18-35(2)19-21-36/h4-17,22H,3,18-21H2,1-2H3,(H,33,34)/b27-7-. The van der Waals surface area contributed by atoms with Crippen LogP contribution in [-0.2, 0) is 0 Å². The van der Waals surface area contributed by atoms with Crippen LogP contribution < -0.4 is 4.90 Å². The number of fused-ring (bicyclic) bond motifs is 3. The molecule has 1 N–H and O–H groups in total. The minimum atomic E-state index is 0.933. The zero-order valence-electron chi connectivity index (χ0n) is 21.0. The van der Waals surface area contributed by atoms with Crippen LogP contribution in [0, 0.1) is 0 Å². The largest absolute Gasteiger partial charge is 0.369 e. The summed E-state index contributed by atoms with van der Waals surface area (Å²) >= 11 is 0. The lowest BCUT2D eigenvalue weighted by atomic mass is 9.93. The quantitative estimate of drug-likeness (QED) is 0.300. The molecule has 0 spiro atoms. The first-order valence-corrected chi connectivity index (χ1v) is 12.9.